The number of hydrogen-bond acceptors (Lipinski definition) is 5. The lowest BCUT2D eigenvalue weighted by Crippen LogP contribution is -2.52. The fourth-order valence-electron chi connectivity index (χ4n) is 5.32. The van der Waals surface area contributed by atoms with Gasteiger partial charge in [0, 0.05) is 62.5 Å². The summed E-state index contributed by atoms with van der Waals surface area (Å²) in [6.45, 7) is 8.28. The van der Waals surface area contributed by atoms with Gasteiger partial charge in [-0.05, 0) is 67.5 Å². The van der Waals surface area contributed by atoms with Crippen molar-refractivity contribution in [3.8, 4) is 0 Å². The van der Waals surface area contributed by atoms with Gasteiger partial charge in [0.1, 0.15) is 0 Å². The van der Waals surface area contributed by atoms with Gasteiger partial charge < -0.3 is 20.9 Å². The molecule has 0 radical (unpaired) electrons. The second-order valence-electron chi connectivity index (χ2n) is 10.5. The molecule has 38 heavy (non-hydrogen) atoms. The number of nitrogens with two attached hydrogens (primary N) is 1. The Morgan fingerprint density at radius 3 is 2.39 bits per heavy atom. The summed E-state index contributed by atoms with van der Waals surface area (Å²) in [6, 6.07) is 14.1. The highest BCUT2D eigenvalue weighted by molar-refractivity contribution is 6.09. The first-order chi connectivity index (χ1) is 18.4. The number of anilines is 1. The van der Waals surface area contributed by atoms with E-state index in [4.69, 9.17) is 5.73 Å². The molecule has 4 rings (SSSR count). The minimum absolute atomic E-state index is 0.0244. The molecule has 2 heterocycles. The smallest absolute Gasteiger partial charge is 0.253 e. The molecular weight excluding hydrogens is 474 g/mol. The molecule has 2 aliphatic heterocycles. The van der Waals surface area contributed by atoms with Crippen molar-refractivity contribution in [2.75, 3.05) is 45.1 Å². The zero-order chi connectivity index (χ0) is 27.1. The standard InChI is InChI=1S/C31H41N5O2/c1-4-5-14-35-20-28(21-35)30(37)34-29-17-26(7-6-22(29)2)31(38)36-15-12-25(13-16-36)23-8-10-24(11-9-23)27(18-32)19-33-3/h6-11,17-19,25,28H,4-5,12-16,20-21,32H2,1-3H3,(H,34,37). The number of amides is 2. The Balaban J connectivity index is 1.32. The Morgan fingerprint density at radius 1 is 1.08 bits per heavy atom. The molecule has 0 bridgehead atoms. The molecule has 0 unspecified atom stereocenters. The minimum atomic E-state index is 0.0244. The number of benzene rings is 2. The van der Waals surface area contributed by atoms with Gasteiger partial charge in [0.2, 0.25) is 5.91 Å². The summed E-state index contributed by atoms with van der Waals surface area (Å²) in [6.07, 6.45) is 7.52. The van der Waals surface area contributed by atoms with Gasteiger partial charge >= 0.3 is 0 Å². The lowest BCUT2D eigenvalue weighted by molar-refractivity contribution is -0.124. The van der Waals surface area contributed by atoms with Crippen LogP contribution in [-0.2, 0) is 4.79 Å². The Morgan fingerprint density at radius 2 is 1.76 bits per heavy atom. The second kappa shape index (κ2) is 12.9. The third kappa shape index (κ3) is 6.51. The van der Waals surface area contributed by atoms with Crippen molar-refractivity contribution in [2.45, 2.75) is 45.4 Å². The van der Waals surface area contributed by atoms with E-state index in [-0.39, 0.29) is 17.7 Å². The Hall–Kier alpha value is -3.45. The summed E-state index contributed by atoms with van der Waals surface area (Å²) in [7, 11) is 1.73. The third-order valence-corrected chi connectivity index (χ3v) is 7.84. The first kappa shape index (κ1) is 27.6. The predicted octanol–water partition coefficient (Wildman–Crippen LogP) is 4.69. The molecule has 0 atom stereocenters. The molecule has 7 heteroatoms. The molecule has 7 nitrogen and oxygen atoms in total. The number of nitrogens with one attached hydrogen (secondary N) is 1. The second-order valence-corrected chi connectivity index (χ2v) is 10.5. The van der Waals surface area contributed by atoms with Crippen LogP contribution in [0.2, 0.25) is 0 Å². The average Bonchev–Trinajstić information content (AvgIpc) is 2.92. The van der Waals surface area contributed by atoms with Gasteiger partial charge in [0.05, 0.1) is 5.92 Å². The molecule has 202 valence electrons. The van der Waals surface area contributed by atoms with Gasteiger partial charge in [-0.15, -0.1) is 0 Å². The monoisotopic (exact) mass is 515 g/mol. The van der Waals surface area contributed by atoms with Crippen LogP contribution in [0.25, 0.3) is 5.57 Å². The van der Waals surface area contributed by atoms with Gasteiger partial charge in [-0.3, -0.25) is 14.6 Å². The number of carbonyl (C=O) groups is 2. The molecule has 0 aromatic heterocycles. The summed E-state index contributed by atoms with van der Waals surface area (Å²) in [4.78, 5) is 34.4. The molecule has 3 N–H and O–H groups in total. The summed E-state index contributed by atoms with van der Waals surface area (Å²) >= 11 is 0. The first-order valence-electron chi connectivity index (χ1n) is 13.8. The SMILES string of the molecule is CCCCN1CC(C(=O)Nc2cc(C(=O)N3CCC(c4ccc(C(C=NC)=CN)cc4)CC3)ccc2C)C1. The zero-order valence-corrected chi connectivity index (χ0v) is 23.0. The molecule has 0 spiro atoms. The fraction of sp³-hybridized carbons (Fsp3) is 0.452. The molecule has 0 aliphatic carbocycles. The van der Waals surface area contributed by atoms with Crippen LogP contribution in [0.1, 0.15) is 65.6 Å². The van der Waals surface area contributed by atoms with Gasteiger partial charge in [-0.2, -0.15) is 0 Å². The maximum atomic E-state index is 13.3. The Labute approximate surface area is 226 Å². The van der Waals surface area contributed by atoms with Crippen LogP contribution in [0.4, 0.5) is 5.69 Å². The molecule has 2 fully saturated rings. The Kier molecular flexibility index (Phi) is 9.34. The van der Waals surface area contributed by atoms with Crippen molar-refractivity contribution in [1.29, 1.82) is 0 Å². The third-order valence-electron chi connectivity index (χ3n) is 7.84. The average molecular weight is 516 g/mol. The van der Waals surface area contributed by atoms with Gasteiger partial charge in [0.25, 0.3) is 5.91 Å². The number of likely N-dealkylation sites (tertiary alicyclic amines) is 2. The quantitative estimate of drug-likeness (QED) is 0.474. The van der Waals surface area contributed by atoms with Gasteiger partial charge in [-0.25, -0.2) is 0 Å². The van der Waals surface area contributed by atoms with E-state index >= 15 is 0 Å². The van der Waals surface area contributed by atoms with Crippen LogP contribution >= 0.6 is 0 Å². The van der Waals surface area contributed by atoms with Crippen LogP contribution in [-0.4, -0.2) is 67.6 Å². The molecule has 2 aromatic carbocycles. The van der Waals surface area contributed by atoms with Gasteiger partial charge in [0.15, 0.2) is 0 Å². The lowest BCUT2D eigenvalue weighted by atomic mass is 9.88. The number of nitrogens with zero attached hydrogens (tertiary/aromatic N) is 3. The summed E-state index contributed by atoms with van der Waals surface area (Å²) in [5.41, 5.74) is 11.3. The minimum Gasteiger partial charge on any atom is -0.404 e. The Bertz CT molecular complexity index is 1170. The topological polar surface area (TPSA) is 91.0 Å². The number of allylic oxidation sites excluding steroid dienone is 1. The van der Waals surface area contributed by atoms with Crippen molar-refractivity contribution in [3.05, 3.63) is 70.9 Å². The molecule has 0 saturated carbocycles. The number of unbranched alkanes of at least 4 members (excludes halogenated alkanes) is 1. The van der Waals surface area contributed by atoms with E-state index in [9.17, 15) is 9.59 Å². The highest BCUT2D eigenvalue weighted by Gasteiger charge is 2.32. The summed E-state index contributed by atoms with van der Waals surface area (Å²) in [5, 5.41) is 3.08. The van der Waals surface area contributed by atoms with Crippen molar-refractivity contribution >= 4 is 29.3 Å². The number of aliphatic imine (C=N–C) groups is 1. The highest BCUT2D eigenvalue weighted by atomic mass is 16.2. The molecule has 2 aromatic rings. The highest BCUT2D eigenvalue weighted by Crippen LogP contribution is 2.30. The van der Waals surface area contributed by atoms with E-state index in [1.807, 2.05) is 30.0 Å². The zero-order valence-electron chi connectivity index (χ0n) is 23.0. The summed E-state index contributed by atoms with van der Waals surface area (Å²) < 4.78 is 0. The van der Waals surface area contributed by atoms with Crippen molar-refractivity contribution in [2.24, 2.45) is 16.6 Å². The van der Waals surface area contributed by atoms with Crippen LogP contribution < -0.4 is 11.1 Å². The van der Waals surface area contributed by atoms with Crippen molar-refractivity contribution in [1.82, 2.24) is 9.80 Å². The number of carbonyl (C=O) groups excluding carboxylic acids is 2. The van der Waals surface area contributed by atoms with Gasteiger partial charge in [-0.1, -0.05) is 43.7 Å². The van der Waals surface area contributed by atoms with Crippen molar-refractivity contribution in [3.63, 3.8) is 0 Å². The van der Waals surface area contributed by atoms with E-state index in [0.717, 1.165) is 54.9 Å². The maximum absolute atomic E-state index is 13.3. The summed E-state index contributed by atoms with van der Waals surface area (Å²) in [5.74, 6) is 0.524. The van der Waals surface area contributed by atoms with Crippen LogP contribution in [0.3, 0.4) is 0 Å². The predicted molar refractivity (Wildman–Crippen MR) is 156 cm³/mol. The molecule has 2 saturated heterocycles. The fourth-order valence-corrected chi connectivity index (χ4v) is 5.32. The van der Waals surface area contributed by atoms with E-state index in [1.54, 1.807) is 19.5 Å². The van der Waals surface area contributed by atoms with Crippen LogP contribution in [0.15, 0.2) is 53.7 Å². The largest absolute Gasteiger partial charge is 0.404 e. The molecular formula is C31H41N5O2. The van der Waals surface area contributed by atoms with E-state index in [1.165, 1.54) is 18.4 Å². The van der Waals surface area contributed by atoms with E-state index in [0.29, 0.717) is 24.6 Å². The number of rotatable bonds is 9. The molecule has 2 amide bonds. The van der Waals surface area contributed by atoms with E-state index in [2.05, 4.69) is 46.4 Å². The lowest BCUT2D eigenvalue weighted by Gasteiger charge is -2.38. The van der Waals surface area contributed by atoms with Crippen LogP contribution in [0.5, 0.6) is 0 Å². The number of aryl methyl sites for hydroxylation is 1. The first-order valence-corrected chi connectivity index (χ1v) is 13.8. The van der Waals surface area contributed by atoms with Crippen LogP contribution in [0, 0.1) is 12.8 Å². The normalized spacial score (nSPS) is 17.6. The molecule has 2 aliphatic rings. The number of hydrogen-bond donors (Lipinski definition) is 2. The van der Waals surface area contributed by atoms with Crippen molar-refractivity contribution < 1.29 is 9.59 Å². The van der Waals surface area contributed by atoms with E-state index < -0.39 is 0 Å². The number of piperidine rings is 1. The maximum Gasteiger partial charge on any atom is 0.253 e.